The number of likely N-dealkylation sites (tertiary alicyclic amines) is 1. The van der Waals surface area contributed by atoms with Crippen molar-refractivity contribution in [1.29, 1.82) is 0 Å². The lowest BCUT2D eigenvalue weighted by Gasteiger charge is -2.31. The van der Waals surface area contributed by atoms with Crippen LogP contribution in [0.25, 0.3) is 11.4 Å². The number of ether oxygens (including phenoxy) is 1. The molecule has 1 aliphatic rings. The Balaban J connectivity index is 1.38. The molecule has 0 aliphatic carbocycles. The summed E-state index contributed by atoms with van der Waals surface area (Å²) < 4.78 is 22.9. The molecule has 9 heteroatoms. The maximum Gasteiger partial charge on any atom is 0.409 e. The second-order valence-electron chi connectivity index (χ2n) is 6.67. The quantitative estimate of drug-likeness (QED) is 0.814. The summed E-state index contributed by atoms with van der Waals surface area (Å²) >= 11 is 0. The third-order valence-corrected chi connectivity index (χ3v) is 4.66. The number of rotatable bonds is 6. The lowest BCUT2D eigenvalue weighted by molar-refractivity contribution is -0.122. The van der Waals surface area contributed by atoms with Gasteiger partial charge in [-0.1, -0.05) is 5.16 Å². The molecule has 1 aromatic carbocycles. The third-order valence-electron chi connectivity index (χ3n) is 4.66. The van der Waals surface area contributed by atoms with Gasteiger partial charge >= 0.3 is 6.09 Å². The Kier molecular flexibility index (Phi) is 6.57. The fourth-order valence-corrected chi connectivity index (χ4v) is 3.11. The molecule has 1 fully saturated rings. The number of methoxy groups -OCH3 is 1. The zero-order chi connectivity index (χ0) is 19.9. The van der Waals surface area contributed by atoms with E-state index in [-0.39, 0.29) is 23.9 Å². The minimum absolute atomic E-state index is 0.0326. The topological polar surface area (TPSA) is 97.6 Å². The highest BCUT2D eigenvalue weighted by atomic mass is 19.1. The first-order chi connectivity index (χ1) is 13.5. The Bertz CT molecular complexity index is 801. The summed E-state index contributed by atoms with van der Waals surface area (Å²) in [6.07, 6.45) is 2.52. The van der Waals surface area contributed by atoms with Gasteiger partial charge in [-0.05, 0) is 43.5 Å². The molecular weight excluding hydrogens is 367 g/mol. The number of hydrogen-bond acceptors (Lipinski definition) is 6. The van der Waals surface area contributed by atoms with Crippen molar-refractivity contribution in [3.63, 3.8) is 0 Å². The van der Waals surface area contributed by atoms with Crippen molar-refractivity contribution in [2.24, 2.45) is 0 Å². The van der Waals surface area contributed by atoms with E-state index in [4.69, 9.17) is 9.26 Å². The van der Waals surface area contributed by atoms with Gasteiger partial charge in [0.1, 0.15) is 5.82 Å². The average Bonchev–Trinajstić information content (AvgIpc) is 3.17. The highest BCUT2D eigenvalue weighted by molar-refractivity contribution is 5.76. The van der Waals surface area contributed by atoms with Gasteiger partial charge in [0.2, 0.25) is 17.6 Å². The molecule has 150 valence electrons. The second-order valence-corrected chi connectivity index (χ2v) is 6.67. The van der Waals surface area contributed by atoms with Crippen LogP contribution in [-0.4, -0.2) is 53.3 Å². The molecule has 28 heavy (non-hydrogen) atoms. The van der Waals surface area contributed by atoms with Crippen molar-refractivity contribution < 1.29 is 23.2 Å². The number of nitrogens with zero attached hydrogens (tertiary/aromatic N) is 3. The normalized spacial score (nSPS) is 14.7. The maximum absolute atomic E-state index is 13.0. The zero-order valence-electron chi connectivity index (χ0n) is 15.7. The van der Waals surface area contributed by atoms with Crippen LogP contribution in [0, 0.1) is 5.82 Å². The number of aryl methyl sites for hydroxylation is 1. The highest BCUT2D eigenvalue weighted by Crippen LogP contribution is 2.17. The lowest BCUT2D eigenvalue weighted by atomic mass is 10.1. The Morgan fingerprint density at radius 3 is 2.68 bits per heavy atom. The van der Waals surface area contributed by atoms with Crippen LogP contribution < -0.4 is 5.32 Å². The first kappa shape index (κ1) is 19.8. The fourth-order valence-electron chi connectivity index (χ4n) is 3.11. The molecule has 1 aliphatic heterocycles. The molecule has 1 N–H and O–H groups in total. The molecule has 0 unspecified atom stereocenters. The van der Waals surface area contributed by atoms with Gasteiger partial charge in [-0.2, -0.15) is 4.98 Å². The predicted octanol–water partition coefficient (Wildman–Crippen LogP) is 2.55. The number of amides is 2. The van der Waals surface area contributed by atoms with E-state index < -0.39 is 0 Å². The Hall–Kier alpha value is -2.97. The van der Waals surface area contributed by atoms with E-state index in [1.54, 1.807) is 17.0 Å². The largest absolute Gasteiger partial charge is 0.453 e. The zero-order valence-corrected chi connectivity index (χ0v) is 15.7. The number of aromatic nitrogens is 2. The molecule has 0 spiro atoms. The molecule has 3 rings (SSSR count). The molecule has 8 nitrogen and oxygen atoms in total. The molecule has 0 saturated carbocycles. The lowest BCUT2D eigenvalue weighted by Crippen LogP contribution is -2.46. The molecule has 2 heterocycles. The number of carbonyl (C=O) groups excluding carboxylic acids is 2. The van der Waals surface area contributed by atoms with Crippen molar-refractivity contribution in [3.8, 4) is 11.4 Å². The van der Waals surface area contributed by atoms with Crippen LogP contribution in [0.3, 0.4) is 0 Å². The molecule has 2 amide bonds. The first-order valence-corrected chi connectivity index (χ1v) is 9.26. The molecule has 1 aromatic heterocycles. The average molecular weight is 390 g/mol. The van der Waals surface area contributed by atoms with Gasteiger partial charge in [0.15, 0.2) is 0 Å². The van der Waals surface area contributed by atoms with Gasteiger partial charge in [0.05, 0.1) is 7.11 Å². The Morgan fingerprint density at radius 1 is 1.29 bits per heavy atom. The van der Waals surface area contributed by atoms with Gasteiger partial charge in [0.25, 0.3) is 0 Å². The third kappa shape index (κ3) is 5.28. The number of hydrogen-bond donors (Lipinski definition) is 1. The van der Waals surface area contributed by atoms with Gasteiger partial charge in [0, 0.05) is 37.5 Å². The molecular formula is C19H23FN4O4. The van der Waals surface area contributed by atoms with Crippen LogP contribution in [0.4, 0.5) is 9.18 Å². The SMILES string of the molecule is COC(=O)N1CCC(NC(=O)CCCc2nc(-c3ccc(F)cc3)no2)CC1. The number of carbonyl (C=O) groups is 2. The van der Waals surface area contributed by atoms with Crippen molar-refractivity contribution in [2.75, 3.05) is 20.2 Å². The van der Waals surface area contributed by atoms with E-state index in [2.05, 4.69) is 15.5 Å². The van der Waals surface area contributed by atoms with Crippen LogP contribution >= 0.6 is 0 Å². The standard InChI is InChI=1S/C19H23FN4O4/c1-27-19(26)24-11-9-15(10-12-24)21-16(25)3-2-4-17-22-18(23-28-17)13-5-7-14(20)8-6-13/h5-8,15H,2-4,9-12H2,1H3,(H,21,25). The first-order valence-electron chi connectivity index (χ1n) is 9.26. The van der Waals surface area contributed by atoms with E-state index >= 15 is 0 Å². The fraction of sp³-hybridized carbons (Fsp3) is 0.474. The van der Waals surface area contributed by atoms with Gasteiger partial charge in [-0.25, -0.2) is 9.18 Å². The van der Waals surface area contributed by atoms with Crippen LogP contribution in [0.2, 0.25) is 0 Å². The Morgan fingerprint density at radius 2 is 2.00 bits per heavy atom. The Labute approximate surface area is 162 Å². The number of nitrogens with one attached hydrogen (secondary N) is 1. The van der Waals surface area contributed by atoms with Crippen LogP contribution in [0.15, 0.2) is 28.8 Å². The van der Waals surface area contributed by atoms with Crippen molar-refractivity contribution in [2.45, 2.75) is 38.1 Å². The van der Waals surface area contributed by atoms with Gasteiger partial charge < -0.3 is 19.5 Å². The van der Waals surface area contributed by atoms with Crippen LogP contribution in [-0.2, 0) is 16.0 Å². The van der Waals surface area contributed by atoms with E-state index in [0.717, 1.165) is 0 Å². The second kappa shape index (κ2) is 9.29. The molecule has 0 atom stereocenters. The van der Waals surface area contributed by atoms with Crippen molar-refractivity contribution in [1.82, 2.24) is 20.4 Å². The summed E-state index contributed by atoms with van der Waals surface area (Å²) in [7, 11) is 1.36. The number of halogens is 1. The summed E-state index contributed by atoms with van der Waals surface area (Å²) in [4.78, 5) is 29.5. The van der Waals surface area contributed by atoms with E-state index in [9.17, 15) is 14.0 Å². The minimum Gasteiger partial charge on any atom is -0.453 e. The summed E-state index contributed by atoms with van der Waals surface area (Å²) in [5, 5.41) is 6.88. The summed E-state index contributed by atoms with van der Waals surface area (Å²) in [6.45, 7) is 1.15. The van der Waals surface area contributed by atoms with E-state index in [1.807, 2.05) is 0 Å². The smallest absolute Gasteiger partial charge is 0.409 e. The molecule has 0 bridgehead atoms. The van der Waals surface area contributed by atoms with Crippen molar-refractivity contribution >= 4 is 12.0 Å². The monoisotopic (exact) mass is 390 g/mol. The summed E-state index contributed by atoms with van der Waals surface area (Å²) in [6, 6.07) is 5.92. The van der Waals surface area contributed by atoms with Gasteiger partial charge in [-0.3, -0.25) is 4.79 Å². The predicted molar refractivity (Wildman–Crippen MR) is 97.8 cm³/mol. The van der Waals surface area contributed by atoms with Crippen molar-refractivity contribution in [3.05, 3.63) is 36.0 Å². The summed E-state index contributed by atoms with van der Waals surface area (Å²) in [5.74, 6) is 0.486. The molecule has 1 saturated heterocycles. The minimum atomic E-state index is -0.329. The van der Waals surface area contributed by atoms with E-state index in [1.165, 1.54) is 19.2 Å². The van der Waals surface area contributed by atoms with E-state index in [0.29, 0.717) is 62.5 Å². The molecule has 2 aromatic rings. The number of benzene rings is 1. The van der Waals surface area contributed by atoms with Crippen LogP contribution in [0.5, 0.6) is 0 Å². The van der Waals surface area contributed by atoms with Crippen LogP contribution in [0.1, 0.15) is 31.6 Å². The highest BCUT2D eigenvalue weighted by Gasteiger charge is 2.24. The molecule has 0 radical (unpaired) electrons. The maximum atomic E-state index is 13.0. The van der Waals surface area contributed by atoms with Gasteiger partial charge in [-0.15, -0.1) is 0 Å². The number of piperidine rings is 1. The summed E-state index contributed by atoms with van der Waals surface area (Å²) in [5.41, 5.74) is 0.674.